The fourth-order valence-corrected chi connectivity index (χ4v) is 1.46. The van der Waals surface area contributed by atoms with Crippen LogP contribution < -0.4 is 0 Å². The molecule has 1 aromatic carbocycles. The molecule has 12 heavy (non-hydrogen) atoms. The summed E-state index contributed by atoms with van der Waals surface area (Å²) < 4.78 is 0. The van der Waals surface area contributed by atoms with Crippen LogP contribution >= 0.6 is 27.5 Å². The molecule has 0 saturated heterocycles. The molecule has 0 aliphatic carbocycles. The van der Waals surface area contributed by atoms with Gasteiger partial charge in [-0.2, -0.15) is 0 Å². The number of halogens is 2. The van der Waals surface area contributed by atoms with Gasteiger partial charge in [0.1, 0.15) is 0 Å². The van der Waals surface area contributed by atoms with Crippen molar-refractivity contribution in [2.75, 3.05) is 0 Å². The molecule has 1 aromatic rings. The first-order chi connectivity index (χ1) is 5.61. The Labute approximate surface area is 87.1 Å². The Morgan fingerprint density at radius 3 is 2.08 bits per heavy atom. The molecule has 66 valence electrons. The molecule has 0 saturated carbocycles. The molecule has 2 unspecified atom stereocenters. The van der Waals surface area contributed by atoms with Crippen molar-refractivity contribution >= 4 is 27.5 Å². The smallest absolute Gasteiger partial charge is 0.0406 e. The van der Waals surface area contributed by atoms with Crippen molar-refractivity contribution in [1.29, 1.82) is 0 Å². The van der Waals surface area contributed by atoms with Crippen molar-refractivity contribution in [2.24, 2.45) is 0 Å². The molecule has 0 bridgehead atoms. The predicted octanol–water partition coefficient (Wildman–Crippen LogP) is 4.23. The maximum absolute atomic E-state index is 5.78. The second-order valence-corrected chi connectivity index (χ2v) is 4.90. The van der Waals surface area contributed by atoms with E-state index in [1.165, 1.54) is 5.56 Å². The van der Waals surface area contributed by atoms with Crippen molar-refractivity contribution in [3.8, 4) is 0 Å². The van der Waals surface area contributed by atoms with Crippen LogP contribution in [0, 0.1) is 0 Å². The summed E-state index contributed by atoms with van der Waals surface area (Å²) in [6, 6.07) is 8.01. The fourth-order valence-electron chi connectivity index (χ4n) is 1.03. The van der Waals surface area contributed by atoms with Gasteiger partial charge in [0.2, 0.25) is 0 Å². The number of rotatable bonds is 2. The number of hydrogen-bond donors (Lipinski definition) is 0. The lowest BCUT2D eigenvalue weighted by molar-refractivity contribution is 0.761. The van der Waals surface area contributed by atoms with Crippen LogP contribution in [-0.2, 0) is 0 Å². The Balaban J connectivity index is 2.82. The summed E-state index contributed by atoms with van der Waals surface area (Å²) in [6.07, 6.45) is 0. The van der Waals surface area contributed by atoms with E-state index in [9.17, 15) is 0 Å². The minimum atomic E-state index is 0.499. The largest absolute Gasteiger partial charge is 0.0887 e. The van der Waals surface area contributed by atoms with Crippen molar-refractivity contribution in [3.63, 3.8) is 0 Å². The molecule has 1 rings (SSSR count). The highest BCUT2D eigenvalue weighted by atomic mass is 79.9. The Kier molecular flexibility index (Phi) is 3.60. The van der Waals surface area contributed by atoms with Gasteiger partial charge in [-0.3, -0.25) is 0 Å². The molecular formula is C10H12BrCl. The molecule has 0 aliphatic heterocycles. The average molecular weight is 248 g/mol. The highest BCUT2D eigenvalue weighted by Gasteiger charge is 2.10. The van der Waals surface area contributed by atoms with Crippen LogP contribution in [-0.4, -0.2) is 4.83 Å². The summed E-state index contributed by atoms with van der Waals surface area (Å²) in [7, 11) is 0. The van der Waals surface area contributed by atoms with Gasteiger partial charge in [0.05, 0.1) is 0 Å². The molecule has 0 nitrogen and oxygen atoms in total. The van der Waals surface area contributed by atoms with Gasteiger partial charge in [-0.05, 0) is 23.6 Å². The lowest BCUT2D eigenvalue weighted by Crippen LogP contribution is -2.03. The van der Waals surface area contributed by atoms with Gasteiger partial charge in [-0.25, -0.2) is 0 Å². The number of alkyl halides is 1. The monoisotopic (exact) mass is 246 g/mol. The van der Waals surface area contributed by atoms with E-state index >= 15 is 0 Å². The quantitative estimate of drug-likeness (QED) is 0.686. The number of hydrogen-bond acceptors (Lipinski definition) is 0. The predicted molar refractivity (Wildman–Crippen MR) is 58.3 cm³/mol. The van der Waals surface area contributed by atoms with E-state index in [2.05, 4.69) is 41.9 Å². The van der Waals surface area contributed by atoms with Crippen molar-refractivity contribution in [2.45, 2.75) is 24.6 Å². The summed E-state index contributed by atoms with van der Waals surface area (Å²) in [6.45, 7) is 4.35. The van der Waals surface area contributed by atoms with Crippen LogP contribution in [0.15, 0.2) is 24.3 Å². The summed E-state index contributed by atoms with van der Waals surface area (Å²) in [5.74, 6) is 0.530. The summed E-state index contributed by atoms with van der Waals surface area (Å²) >= 11 is 9.35. The van der Waals surface area contributed by atoms with Crippen molar-refractivity contribution < 1.29 is 0 Å². The molecule has 0 amide bonds. The molecule has 0 radical (unpaired) electrons. The third kappa shape index (κ3) is 2.49. The van der Waals surface area contributed by atoms with E-state index in [1.807, 2.05) is 12.1 Å². The zero-order chi connectivity index (χ0) is 9.14. The number of benzene rings is 1. The third-order valence-corrected chi connectivity index (χ3v) is 3.13. The summed E-state index contributed by atoms with van der Waals surface area (Å²) in [4.78, 5) is 0.499. The van der Waals surface area contributed by atoms with Crippen LogP contribution in [0.5, 0.6) is 0 Å². The Morgan fingerprint density at radius 1 is 1.17 bits per heavy atom. The van der Waals surface area contributed by atoms with E-state index < -0.39 is 0 Å². The minimum Gasteiger partial charge on any atom is -0.0887 e. The zero-order valence-electron chi connectivity index (χ0n) is 7.22. The topological polar surface area (TPSA) is 0 Å². The van der Waals surface area contributed by atoms with Gasteiger partial charge < -0.3 is 0 Å². The van der Waals surface area contributed by atoms with E-state index in [1.54, 1.807) is 0 Å². The third-order valence-electron chi connectivity index (χ3n) is 2.08. The van der Waals surface area contributed by atoms with Gasteiger partial charge in [-0.1, -0.05) is 53.5 Å². The van der Waals surface area contributed by atoms with E-state index in [0.29, 0.717) is 10.7 Å². The highest BCUT2D eigenvalue weighted by molar-refractivity contribution is 9.09. The van der Waals surface area contributed by atoms with Crippen LogP contribution in [0.4, 0.5) is 0 Å². The highest BCUT2D eigenvalue weighted by Crippen LogP contribution is 2.24. The van der Waals surface area contributed by atoms with Crippen molar-refractivity contribution in [3.05, 3.63) is 34.9 Å². The molecule has 2 atom stereocenters. The average Bonchev–Trinajstić information content (AvgIpc) is 2.04. The molecule has 0 aliphatic rings. The first-order valence-electron chi connectivity index (χ1n) is 4.01. The standard InChI is InChI=1S/C10H12BrCl/c1-7(8(2)11)9-3-5-10(12)6-4-9/h3-8H,1-2H3. The van der Waals surface area contributed by atoms with Gasteiger partial charge in [-0.15, -0.1) is 0 Å². The van der Waals surface area contributed by atoms with Crippen molar-refractivity contribution in [1.82, 2.24) is 0 Å². The van der Waals surface area contributed by atoms with Gasteiger partial charge >= 0.3 is 0 Å². The van der Waals surface area contributed by atoms with Crippen LogP contribution in [0.25, 0.3) is 0 Å². The molecule has 0 spiro atoms. The second-order valence-electron chi connectivity index (χ2n) is 3.02. The molecule has 0 aromatic heterocycles. The Bertz CT molecular complexity index is 241. The second kappa shape index (κ2) is 4.29. The minimum absolute atomic E-state index is 0.499. The van der Waals surface area contributed by atoms with Crippen LogP contribution in [0.3, 0.4) is 0 Å². The molecule has 0 heterocycles. The van der Waals surface area contributed by atoms with Gasteiger partial charge in [0, 0.05) is 9.85 Å². The lowest BCUT2D eigenvalue weighted by Gasteiger charge is -2.13. The maximum Gasteiger partial charge on any atom is 0.0406 e. The fraction of sp³-hybridized carbons (Fsp3) is 0.400. The Hall–Kier alpha value is -0.0100. The van der Waals surface area contributed by atoms with E-state index in [4.69, 9.17) is 11.6 Å². The Morgan fingerprint density at radius 2 is 1.67 bits per heavy atom. The SMILES string of the molecule is CC(Br)C(C)c1ccc(Cl)cc1. The first-order valence-corrected chi connectivity index (χ1v) is 5.30. The zero-order valence-corrected chi connectivity index (χ0v) is 9.56. The summed E-state index contributed by atoms with van der Waals surface area (Å²) in [5.41, 5.74) is 1.32. The molecule has 0 N–H and O–H groups in total. The molecule has 0 fully saturated rings. The van der Waals surface area contributed by atoms with Gasteiger partial charge in [0.15, 0.2) is 0 Å². The molecule has 2 heteroatoms. The molecular weight excluding hydrogens is 235 g/mol. The normalized spacial score (nSPS) is 15.7. The maximum atomic E-state index is 5.78. The van der Waals surface area contributed by atoms with Crippen LogP contribution in [0.2, 0.25) is 5.02 Å². The van der Waals surface area contributed by atoms with Crippen LogP contribution in [0.1, 0.15) is 25.3 Å². The summed E-state index contributed by atoms with van der Waals surface area (Å²) in [5, 5.41) is 0.799. The van der Waals surface area contributed by atoms with E-state index in [0.717, 1.165) is 5.02 Å². The van der Waals surface area contributed by atoms with E-state index in [-0.39, 0.29) is 0 Å². The van der Waals surface area contributed by atoms with Gasteiger partial charge in [0.25, 0.3) is 0 Å². The lowest BCUT2D eigenvalue weighted by atomic mass is 9.99. The first kappa shape index (κ1) is 10.1.